The molecular weight excluding hydrogens is 356 g/mol. The van der Waals surface area contributed by atoms with Crippen LogP contribution in [0, 0.1) is 0 Å². The molecule has 9 nitrogen and oxygen atoms in total. The Bertz CT molecular complexity index is 870. The van der Waals surface area contributed by atoms with Crippen LogP contribution in [0.1, 0.15) is 17.4 Å². The van der Waals surface area contributed by atoms with Gasteiger partial charge in [0.1, 0.15) is 12.0 Å². The topological polar surface area (TPSA) is 117 Å². The summed E-state index contributed by atoms with van der Waals surface area (Å²) < 4.78 is 19.4. The highest BCUT2D eigenvalue weighted by Crippen LogP contribution is 2.28. The van der Waals surface area contributed by atoms with Crippen molar-refractivity contribution in [2.75, 3.05) is 26.1 Å². The molecular formula is C18H18N2O7. The monoisotopic (exact) mass is 374 g/mol. The number of oxazole rings is 1. The zero-order chi connectivity index (χ0) is 19.8. The molecule has 0 aliphatic carbocycles. The Kier molecular flexibility index (Phi) is 6.70. The van der Waals surface area contributed by atoms with Crippen LogP contribution < -0.4 is 5.32 Å². The molecule has 0 atom stereocenters. The SMILES string of the molecule is CCOC(=O)c1coc(-c2ccccc2N/C(=C/C(=O)OC)C(=O)OC)n1. The van der Waals surface area contributed by atoms with Crippen LogP contribution in [0.3, 0.4) is 0 Å². The van der Waals surface area contributed by atoms with Gasteiger partial charge in [-0.15, -0.1) is 0 Å². The summed E-state index contributed by atoms with van der Waals surface area (Å²) in [6.45, 7) is 1.89. The zero-order valence-corrected chi connectivity index (χ0v) is 15.0. The van der Waals surface area contributed by atoms with Gasteiger partial charge in [-0.25, -0.2) is 19.4 Å². The number of ether oxygens (including phenoxy) is 3. The van der Waals surface area contributed by atoms with E-state index >= 15 is 0 Å². The molecule has 1 aromatic carbocycles. The summed E-state index contributed by atoms with van der Waals surface area (Å²) in [5, 5.41) is 2.80. The summed E-state index contributed by atoms with van der Waals surface area (Å²) in [7, 11) is 2.37. The van der Waals surface area contributed by atoms with Crippen molar-refractivity contribution >= 4 is 23.6 Å². The van der Waals surface area contributed by atoms with Gasteiger partial charge in [-0.05, 0) is 19.1 Å². The maximum absolute atomic E-state index is 11.9. The predicted octanol–water partition coefficient (Wildman–Crippen LogP) is 2.16. The van der Waals surface area contributed by atoms with E-state index in [0.717, 1.165) is 6.08 Å². The minimum absolute atomic E-state index is 0.0138. The van der Waals surface area contributed by atoms with Crippen LogP contribution in [0.15, 0.2) is 46.7 Å². The number of nitrogens with zero attached hydrogens (tertiary/aromatic N) is 1. The van der Waals surface area contributed by atoms with Gasteiger partial charge < -0.3 is 23.9 Å². The lowest BCUT2D eigenvalue weighted by atomic mass is 10.1. The Balaban J connectivity index is 2.37. The van der Waals surface area contributed by atoms with Crippen molar-refractivity contribution in [2.24, 2.45) is 0 Å². The molecule has 142 valence electrons. The van der Waals surface area contributed by atoms with Crippen molar-refractivity contribution < 1.29 is 33.0 Å². The molecule has 0 spiro atoms. The quantitative estimate of drug-likeness (QED) is 0.442. The van der Waals surface area contributed by atoms with E-state index in [9.17, 15) is 14.4 Å². The van der Waals surface area contributed by atoms with Gasteiger partial charge in [0.15, 0.2) is 5.69 Å². The minimum atomic E-state index is -0.769. The highest BCUT2D eigenvalue weighted by Gasteiger charge is 2.19. The van der Waals surface area contributed by atoms with E-state index in [1.54, 1.807) is 31.2 Å². The van der Waals surface area contributed by atoms with Crippen molar-refractivity contribution in [3.8, 4) is 11.5 Å². The maximum Gasteiger partial charge on any atom is 0.360 e. The van der Waals surface area contributed by atoms with Gasteiger partial charge in [-0.1, -0.05) is 12.1 Å². The number of benzene rings is 1. The number of carbonyl (C=O) groups is 3. The van der Waals surface area contributed by atoms with Crippen molar-refractivity contribution in [3.63, 3.8) is 0 Å². The Morgan fingerprint density at radius 3 is 2.59 bits per heavy atom. The summed E-state index contributed by atoms with van der Waals surface area (Å²) in [6, 6.07) is 6.72. The third kappa shape index (κ3) is 4.94. The third-order valence-corrected chi connectivity index (χ3v) is 3.28. The zero-order valence-electron chi connectivity index (χ0n) is 15.0. The first kappa shape index (κ1) is 19.7. The van der Waals surface area contributed by atoms with Crippen LogP contribution in [-0.4, -0.2) is 43.7 Å². The van der Waals surface area contributed by atoms with E-state index in [1.807, 2.05) is 0 Å². The highest BCUT2D eigenvalue weighted by molar-refractivity contribution is 5.99. The first-order valence-electron chi connectivity index (χ1n) is 7.87. The molecule has 1 heterocycles. The normalized spacial score (nSPS) is 10.9. The largest absolute Gasteiger partial charge is 0.466 e. The lowest BCUT2D eigenvalue weighted by Crippen LogP contribution is -2.16. The molecule has 1 N–H and O–H groups in total. The molecule has 0 fully saturated rings. The van der Waals surface area contributed by atoms with Crippen LogP contribution in [0.4, 0.5) is 5.69 Å². The molecule has 0 aliphatic heterocycles. The molecule has 9 heteroatoms. The van der Waals surface area contributed by atoms with Gasteiger partial charge in [-0.3, -0.25) is 0 Å². The van der Waals surface area contributed by atoms with Crippen LogP contribution in [0.2, 0.25) is 0 Å². The number of esters is 3. The van der Waals surface area contributed by atoms with E-state index in [0.29, 0.717) is 11.3 Å². The Morgan fingerprint density at radius 1 is 1.19 bits per heavy atom. The molecule has 2 aromatic rings. The van der Waals surface area contributed by atoms with Crippen molar-refractivity contribution in [1.82, 2.24) is 4.98 Å². The maximum atomic E-state index is 11.9. The van der Waals surface area contributed by atoms with Crippen molar-refractivity contribution in [3.05, 3.63) is 48.0 Å². The Hall–Kier alpha value is -3.62. The van der Waals surface area contributed by atoms with Crippen molar-refractivity contribution in [1.29, 1.82) is 0 Å². The number of aromatic nitrogens is 1. The summed E-state index contributed by atoms with van der Waals surface area (Å²) in [6.07, 6.45) is 2.14. The first-order chi connectivity index (χ1) is 13.0. The molecule has 0 unspecified atom stereocenters. The summed E-state index contributed by atoms with van der Waals surface area (Å²) in [4.78, 5) is 39.3. The smallest absolute Gasteiger partial charge is 0.360 e. The second-order valence-corrected chi connectivity index (χ2v) is 5.00. The molecule has 2 rings (SSSR count). The Morgan fingerprint density at radius 2 is 1.93 bits per heavy atom. The molecule has 1 aromatic heterocycles. The van der Waals surface area contributed by atoms with Gasteiger partial charge in [0.2, 0.25) is 5.89 Å². The number of para-hydroxylation sites is 1. The summed E-state index contributed by atoms with van der Waals surface area (Å²) in [5.74, 6) is -1.99. The molecule has 27 heavy (non-hydrogen) atoms. The number of carbonyl (C=O) groups excluding carboxylic acids is 3. The molecule has 0 aliphatic rings. The fourth-order valence-electron chi connectivity index (χ4n) is 2.05. The molecule has 0 radical (unpaired) electrons. The molecule has 0 amide bonds. The van der Waals surface area contributed by atoms with Crippen LogP contribution in [-0.2, 0) is 23.8 Å². The number of anilines is 1. The first-order valence-corrected chi connectivity index (χ1v) is 7.87. The third-order valence-electron chi connectivity index (χ3n) is 3.28. The summed E-state index contributed by atoms with van der Waals surface area (Å²) >= 11 is 0. The molecule has 0 saturated heterocycles. The van der Waals surface area contributed by atoms with E-state index < -0.39 is 17.9 Å². The minimum Gasteiger partial charge on any atom is -0.466 e. The number of methoxy groups -OCH3 is 2. The van der Waals surface area contributed by atoms with Crippen LogP contribution >= 0.6 is 0 Å². The van der Waals surface area contributed by atoms with E-state index in [4.69, 9.17) is 9.15 Å². The van der Waals surface area contributed by atoms with E-state index in [1.165, 1.54) is 20.5 Å². The van der Waals surface area contributed by atoms with Crippen molar-refractivity contribution in [2.45, 2.75) is 6.92 Å². The number of hydrogen-bond acceptors (Lipinski definition) is 9. The second-order valence-electron chi connectivity index (χ2n) is 5.00. The number of hydrogen-bond donors (Lipinski definition) is 1. The summed E-state index contributed by atoms with van der Waals surface area (Å²) in [5.41, 5.74) is 0.719. The van der Waals surface area contributed by atoms with E-state index in [2.05, 4.69) is 19.8 Å². The van der Waals surface area contributed by atoms with Gasteiger partial charge in [-0.2, -0.15) is 0 Å². The predicted molar refractivity (Wildman–Crippen MR) is 93.6 cm³/mol. The second kappa shape index (κ2) is 9.18. The van der Waals surface area contributed by atoms with Crippen LogP contribution in [0.25, 0.3) is 11.5 Å². The van der Waals surface area contributed by atoms with Gasteiger partial charge in [0.05, 0.1) is 38.2 Å². The van der Waals surface area contributed by atoms with Gasteiger partial charge in [0, 0.05) is 0 Å². The van der Waals surface area contributed by atoms with E-state index in [-0.39, 0.29) is 23.9 Å². The van der Waals surface area contributed by atoms with Crippen LogP contribution in [0.5, 0.6) is 0 Å². The Labute approximate surface area is 154 Å². The molecule has 0 bridgehead atoms. The van der Waals surface area contributed by atoms with Gasteiger partial charge >= 0.3 is 17.9 Å². The highest BCUT2D eigenvalue weighted by atomic mass is 16.5. The number of nitrogens with one attached hydrogen (secondary N) is 1. The number of rotatable bonds is 7. The molecule has 0 saturated carbocycles. The lowest BCUT2D eigenvalue weighted by Gasteiger charge is -2.11. The lowest BCUT2D eigenvalue weighted by molar-refractivity contribution is -0.138. The van der Waals surface area contributed by atoms with Gasteiger partial charge in [0.25, 0.3) is 0 Å². The fourth-order valence-corrected chi connectivity index (χ4v) is 2.05. The average Bonchev–Trinajstić information content (AvgIpc) is 3.17. The standard InChI is InChI=1S/C18H18N2O7/c1-4-26-18(23)14-10-27-16(20-14)11-7-5-6-8-12(11)19-13(17(22)25-3)9-15(21)24-2/h5-10,19H,4H2,1-3H3/b13-9+. The fraction of sp³-hybridized carbons (Fsp3) is 0.222. The average molecular weight is 374 g/mol.